The molecule has 3 heteroatoms. The SMILES string of the molecule is CC1NCC(=O)N1C1CCCC1(C)C. The molecule has 0 aromatic rings. The van der Waals surface area contributed by atoms with Gasteiger partial charge in [0.2, 0.25) is 5.91 Å². The molecular formula is C11H20N2O. The molecule has 3 nitrogen and oxygen atoms in total. The summed E-state index contributed by atoms with van der Waals surface area (Å²) >= 11 is 0. The largest absolute Gasteiger partial charge is 0.323 e. The average Bonchev–Trinajstić information content (AvgIpc) is 2.57. The summed E-state index contributed by atoms with van der Waals surface area (Å²) in [5.41, 5.74) is 0.302. The van der Waals surface area contributed by atoms with Crippen molar-refractivity contribution in [1.29, 1.82) is 0 Å². The molecule has 0 spiro atoms. The van der Waals surface area contributed by atoms with Crippen molar-refractivity contribution in [1.82, 2.24) is 10.2 Å². The predicted octanol–water partition coefficient (Wildman–Crippen LogP) is 1.34. The molecule has 1 saturated heterocycles. The highest BCUT2D eigenvalue weighted by Gasteiger charge is 2.43. The second-order valence-corrected chi connectivity index (χ2v) is 5.25. The van der Waals surface area contributed by atoms with Gasteiger partial charge in [-0.2, -0.15) is 0 Å². The van der Waals surface area contributed by atoms with Crippen molar-refractivity contribution in [2.24, 2.45) is 5.41 Å². The zero-order valence-electron chi connectivity index (χ0n) is 9.34. The summed E-state index contributed by atoms with van der Waals surface area (Å²) in [4.78, 5) is 13.8. The number of hydrogen-bond acceptors (Lipinski definition) is 2. The van der Waals surface area contributed by atoms with Crippen molar-refractivity contribution in [3.8, 4) is 0 Å². The molecule has 2 atom stereocenters. The molecule has 2 unspecified atom stereocenters. The molecule has 2 rings (SSSR count). The van der Waals surface area contributed by atoms with E-state index in [1.54, 1.807) is 0 Å². The minimum Gasteiger partial charge on any atom is -0.323 e. The highest BCUT2D eigenvalue weighted by atomic mass is 16.2. The van der Waals surface area contributed by atoms with E-state index in [2.05, 4.69) is 31.0 Å². The Balaban J connectivity index is 2.17. The first-order chi connectivity index (χ1) is 6.52. The summed E-state index contributed by atoms with van der Waals surface area (Å²) in [6.07, 6.45) is 3.90. The fourth-order valence-corrected chi connectivity index (χ4v) is 2.91. The van der Waals surface area contributed by atoms with Gasteiger partial charge in [-0.05, 0) is 25.2 Å². The van der Waals surface area contributed by atoms with Gasteiger partial charge in [-0.15, -0.1) is 0 Å². The lowest BCUT2D eigenvalue weighted by Crippen LogP contribution is -2.47. The summed E-state index contributed by atoms with van der Waals surface area (Å²) in [5, 5.41) is 3.21. The Hall–Kier alpha value is -0.570. The Labute approximate surface area is 85.8 Å². The van der Waals surface area contributed by atoms with Gasteiger partial charge in [0.05, 0.1) is 12.7 Å². The Morgan fingerprint density at radius 3 is 2.64 bits per heavy atom. The van der Waals surface area contributed by atoms with Gasteiger partial charge in [0, 0.05) is 6.04 Å². The van der Waals surface area contributed by atoms with Gasteiger partial charge in [0.15, 0.2) is 0 Å². The minimum atomic E-state index is 0.227. The second-order valence-electron chi connectivity index (χ2n) is 5.25. The van der Waals surface area contributed by atoms with Crippen LogP contribution >= 0.6 is 0 Å². The summed E-state index contributed by atoms with van der Waals surface area (Å²) in [7, 11) is 0. The molecule has 1 N–H and O–H groups in total. The van der Waals surface area contributed by atoms with Crippen LogP contribution in [0, 0.1) is 5.41 Å². The zero-order chi connectivity index (χ0) is 10.3. The summed E-state index contributed by atoms with van der Waals surface area (Å²) in [6, 6.07) is 0.444. The van der Waals surface area contributed by atoms with Crippen LogP contribution in [0.4, 0.5) is 0 Å². The number of rotatable bonds is 1. The first-order valence-electron chi connectivity index (χ1n) is 5.57. The Kier molecular flexibility index (Phi) is 2.30. The van der Waals surface area contributed by atoms with Crippen molar-refractivity contribution in [2.75, 3.05) is 6.54 Å². The lowest BCUT2D eigenvalue weighted by atomic mass is 9.86. The third-order valence-electron chi connectivity index (χ3n) is 3.79. The van der Waals surface area contributed by atoms with Crippen molar-refractivity contribution in [2.45, 2.75) is 52.2 Å². The molecule has 1 amide bonds. The standard InChI is InChI=1S/C11H20N2O/c1-8-12-7-10(14)13(8)9-5-4-6-11(9,2)3/h8-9,12H,4-7H2,1-3H3. The Morgan fingerprint density at radius 1 is 1.50 bits per heavy atom. The van der Waals surface area contributed by atoms with Crippen LogP contribution in [0.3, 0.4) is 0 Å². The average molecular weight is 196 g/mol. The third-order valence-corrected chi connectivity index (χ3v) is 3.79. The topological polar surface area (TPSA) is 32.3 Å². The number of amides is 1. The molecule has 0 bridgehead atoms. The van der Waals surface area contributed by atoms with E-state index in [4.69, 9.17) is 0 Å². The van der Waals surface area contributed by atoms with Crippen LogP contribution in [0.25, 0.3) is 0 Å². The van der Waals surface area contributed by atoms with E-state index in [9.17, 15) is 4.79 Å². The maximum Gasteiger partial charge on any atom is 0.238 e. The van der Waals surface area contributed by atoms with Gasteiger partial charge in [0.25, 0.3) is 0 Å². The van der Waals surface area contributed by atoms with E-state index in [1.165, 1.54) is 19.3 Å². The highest BCUT2D eigenvalue weighted by molar-refractivity contribution is 5.81. The second kappa shape index (κ2) is 3.23. The van der Waals surface area contributed by atoms with Crippen molar-refractivity contribution < 1.29 is 4.79 Å². The van der Waals surface area contributed by atoms with E-state index in [0.717, 1.165) is 0 Å². The van der Waals surface area contributed by atoms with E-state index >= 15 is 0 Å². The van der Waals surface area contributed by atoms with E-state index in [1.807, 2.05) is 0 Å². The number of nitrogens with one attached hydrogen (secondary N) is 1. The minimum absolute atomic E-state index is 0.227. The summed E-state index contributed by atoms with van der Waals surface area (Å²) in [6.45, 7) is 7.17. The molecule has 80 valence electrons. The van der Waals surface area contributed by atoms with Crippen LogP contribution in [0.1, 0.15) is 40.0 Å². The zero-order valence-corrected chi connectivity index (χ0v) is 9.34. The van der Waals surface area contributed by atoms with Crippen LogP contribution < -0.4 is 5.32 Å². The van der Waals surface area contributed by atoms with Crippen LogP contribution in [-0.2, 0) is 4.79 Å². The van der Waals surface area contributed by atoms with Gasteiger partial charge >= 0.3 is 0 Å². The molecule has 1 saturated carbocycles. The number of hydrogen-bond donors (Lipinski definition) is 1. The Morgan fingerprint density at radius 2 is 2.21 bits per heavy atom. The molecule has 0 radical (unpaired) electrons. The first kappa shape index (κ1) is 9.97. The fourth-order valence-electron chi connectivity index (χ4n) is 2.91. The molecule has 1 heterocycles. The molecule has 2 fully saturated rings. The first-order valence-corrected chi connectivity index (χ1v) is 5.57. The maximum absolute atomic E-state index is 11.7. The molecule has 14 heavy (non-hydrogen) atoms. The molecule has 1 aliphatic heterocycles. The van der Waals surface area contributed by atoms with Crippen LogP contribution in [0.15, 0.2) is 0 Å². The van der Waals surface area contributed by atoms with Crippen LogP contribution in [0.5, 0.6) is 0 Å². The number of carbonyl (C=O) groups is 1. The third kappa shape index (κ3) is 1.44. The monoisotopic (exact) mass is 196 g/mol. The highest BCUT2D eigenvalue weighted by Crippen LogP contribution is 2.41. The summed E-state index contributed by atoms with van der Waals surface area (Å²) in [5.74, 6) is 0.275. The van der Waals surface area contributed by atoms with E-state index in [-0.39, 0.29) is 12.1 Å². The number of carbonyl (C=O) groups excluding carboxylic acids is 1. The Bertz CT molecular complexity index is 250. The van der Waals surface area contributed by atoms with Crippen molar-refractivity contribution in [3.63, 3.8) is 0 Å². The molecule has 0 aromatic heterocycles. The van der Waals surface area contributed by atoms with Crippen LogP contribution in [-0.4, -0.2) is 29.6 Å². The smallest absolute Gasteiger partial charge is 0.238 e. The molecule has 1 aliphatic carbocycles. The molecule has 0 aromatic carbocycles. The van der Waals surface area contributed by atoms with Crippen molar-refractivity contribution >= 4 is 5.91 Å². The van der Waals surface area contributed by atoms with Gasteiger partial charge in [-0.25, -0.2) is 0 Å². The molecule has 2 aliphatic rings. The normalized spacial score (nSPS) is 36.8. The van der Waals surface area contributed by atoms with Gasteiger partial charge in [-0.1, -0.05) is 20.3 Å². The van der Waals surface area contributed by atoms with Crippen molar-refractivity contribution in [3.05, 3.63) is 0 Å². The lowest BCUT2D eigenvalue weighted by molar-refractivity contribution is -0.131. The summed E-state index contributed by atoms with van der Waals surface area (Å²) < 4.78 is 0. The quantitative estimate of drug-likeness (QED) is 0.686. The molecular weight excluding hydrogens is 176 g/mol. The van der Waals surface area contributed by atoms with Gasteiger partial charge in [-0.3, -0.25) is 10.1 Å². The fraction of sp³-hybridized carbons (Fsp3) is 0.909. The maximum atomic E-state index is 11.7. The van der Waals surface area contributed by atoms with E-state index < -0.39 is 0 Å². The van der Waals surface area contributed by atoms with Gasteiger partial charge in [0.1, 0.15) is 0 Å². The lowest BCUT2D eigenvalue weighted by Gasteiger charge is -2.37. The van der Waals surface area contributed by atoms with E-state index in [0.29, 0.717) is 18.0 Å². The van der Waals surface area contributed by atoms with Gasteiger partial charge < -0.3 is 4.90 Å². The predicted molar refractivity (Wildman–Crippen MR) is 55.7 cm³/mol. The van der Waals surface area contributed by atoms with Crippen LogP contribution in [0.2, 0.25) is 0 Å². The number of nitrogens with zero attached hydrogens (tertiary/aromatic N) is 1.